The first kappa shape index (κ1) is 23.1. The van der Waals surface area contributed by atoms with E-state index in [0.717, 1.165) is 25.7 Å². The number of nitrogens with one attached hydrogen (secondary N) is 1. The van der Waals surface area contributed by atoms with Crippen molar-refractivity contribution in [1.29, 1.82) is 0 Å². The van der Waals surface area contributed by atoms with Gasteiger partial charge in [0.15, 0.2) is 0 Å². The summed E-state index contributed by atoms with van der Waals surface area (Å²) in [5.41, 5.74) is -0.0946. The van der Waals surface area contributed by atoms with Crippen LogP contribution in [0.15, 0.2) is 33.9 Å². The summed E-state index contributed by atoms with van der Waals surface area (Å²) in [6, 6.07) is 7.03. The average Bonchev–Trinajstić information content (AvgIpc) is 2.81. The number of hydrogen-bond acceptors (Lipinski definition) is 5. The van der Waals surface area contributed by atoms with Crippen LogP contribution in [0.1, 0.15) is 39.5 Å². The summed E-state index contributed by atoms with van der Waals surface area (Å²) in [4.78, 5) is 56.6. The summed E-state index contributed by atoms with van der Waals surface area (Å²) < 4.78 is 6.53. The molecular formula is C24H32N4O5. The van der Waals surface area contributed by atoms with E-state index in [4.69, 9.17) is 4.74 Å². The maximum absolute atomic E-state index is 13.0. The second kappa shape index (κ2) is 9.80. The Balaban J connectivity index is 1.30. The molecule has 9 heteroatoms. The average molecular weight is 457 g/mol. The van der Waals surface area contributed by atoms with E-state index in [0.29, 0.717) is 43.6 Å². The third-order valence-electron chi connectivity index (χ3n) is 6.71. The first-order valence-electron chi connectivity index (χ1n) is 11.8. The molecule has 0 atom stereocenters. The Morgan fingerprint density at radius 3 is 2.30 bits per heavy atom. The van der Waals surface area contributed by atoms with Crippen molar-refractivity contribution in [3.05, 3.63) is 45.1 Å². The van der Waals surface area contributed by atoms with Crippen molar-refractivity contribution in [1.82, 2.24) is 19.4 Å². The van der Waals surface area contributed by atoms with Gasteiger partial charge in [-0.3, -0.25) is 14.2 Å². The van der Waals surface area contributed by atoms with Gasteiger partial charge in [-0.05, 0) is 57.6 Å². The standard InChI is InChI=1S/C24H32N4O5/c1-16(2)33-24(32)27-13-11-26(12-14-27)21(29)18-9-7-17(8-10-18)15-28-22(30)19-5-3-4-6-20(19)25-23(28)31/h3-6,16-18H,7-15H2,1-2H3,(H,25,31). The van der Waals surface area contributed by atoms with Gasteiger partial charge >= 0.3 is 11.8 Å². The van der Waals surface area contributed by atoms with Gasteiger partial charge in [0.05, 0.1) is 17.0 Å². The Morgan fingerprint density at radius 1 is 1.00 bits per heavy atom. The summed E-state index contributed by atoms with van der Waals surface area (Å²) >= 11 is 0. The number of H-pyrrole nitrogens is 1. The van der Waals surface area contributed by atoms with E-state index in [1.165, 1.54) is 4.57 Å². The van der Waals surface area contributed by atoms with E-state index in [-0.39, 0.29) is 41.2 Å². The molecule has 33 heavy (non-hydrogen) atoms. The second-order valence-electron chi connectivity index (χ2n) is 9.35. The third-order valence-corrected chi connectivity index (χ3v) is 6.71. The quantitative estimate of drug-likeness (QED) is 0.759. The minimum Gasteiger partial charge on any atom is -0.447 e. The number of benzene rings is 1. The van der Waals surface area contributed by atoms with Crippen molar-refractivity contribution in [2.24, 2.45) is 11.8 Å². The van der Waals surface area contributed by atoms with Crippen molar-refractivity contribution < 1.29 is 14.3 Å². The van der Waals surface area contributed by atoms with Crippen molar-refractivity contribution in [2.75, 3.05) is 26.2 Å². The van der Waals surface area contributed by atoms with Gasteiger partial charge in [-0.25, -0.2) is 9.59 Å². The highest BCUT2D eigenvalue weighted by molar-refractivity contribution is 5.79. The smallest absolute Gasteiger partial charge is 0.410 e. The first-order valence-corrected chi connectivity index (χ1v) is 11.8. The fourth-order valence-corrected chi connectivity index (χ4v) is 4.86. The molecule has 1 saturated heterocycles. The highest BCUT2D eigenvalue weighted by Crippen LogP contribution is 2.31. The number of piperazine rings is 1. The van der Waals surface area contributed by atoms with E-state index >= 15 is 0 Å². The summed E-state index contributed by atoms with van der Waals surface area (Å²) in [5.74, 6) is 0.296. The SMILES string of the molecule is CC(C)OC(=O)N1CCN(C(=O)C2CCC(Cn3c(=O)[nH]c4ccccc4c3=O)CC2)CC1. The van der Waals surface area contributed by atoms with Crippen LogP contribution in [-0.2, 0) is 16.1 Å². The van der Waals surface area contributed by atoms with Crippen LogP contribution in [0.3, 0.4) is 0 Å². The van der Waals surface area contributed by atoms with Gasteiger partial charge in [-0.1, -0.05) is 12.1 Å². The minimum absolute atomic E-state index is 0.0398. The Labute approximate surface area is 192 Å². The molecule has 9 nitrogen and oxygen atoms in total. The lowest BCUT2D eigenvalue weighted by molar-refractivity contribution is -0.138. The van der Waals surface area contributed by atoms with Crippen LogP contribution in [-0.4, -0.2) is 63.6 Å². The maximum Gasteiger partial charge on any atom is 0.410 e. The molecule has 2 heterocycles. The van der Waals surface area contributed by atoms with Crippen molar-refractivity contribution in [3.63, 3.8) is 0 Å². The Kier molecular flexibility index (Phi) is 6.85. The number of amides is 2. The molecule has 0 radical (unpaired) electrons. The fraction of sp³-hybridized carbons (Fsp3) is 0.583. The van der Waals surface area contributed by atoms with Crippen LogP contribution < -0.4 is 11.2 Å². The van der Waals surface area contributed by atoms with Crippen LogP contribution >= 0.6 is 0 Å². The third kappa shape index (κ3) is 5.12. The zero-order chi connectivity index (χ0) is 23.5. The number of aromatic nitrogens is 2. The molecular weight excluding hydrogens is 424 g/mol. The predicted molar refractivity (Wildman–Crippen MR) is 124 cm³/mol. The number of nitrogens with zero attached hydrogens (tertiary/aromatic N) is 3. The van der Waals surface area contributed by atoms with Gasteiger partial charge < -0.3 is 19.5 Å². The molecule has 1 aromatic carbocycles. The first-order chi connectivity index (χ1) is 15.8. The van der Waals surface area contributed by atoms with Gasteiger partial charge in [-0.15, -0.1) is 0 Å². The summed E-state index contributed by atoms with van der Waals surface area (Å²) in [6.45, 7) is 6.03. The number of carbonyl (C=O) groups is 2. The fourth-order valence-electron chi connectivity index (χ4n) is 4.86. The summed E-state index contributed by atoms with van der Waals surface area (Å²) in [5, 5.41) is 0.511. The van der Waals surface area contributed by atoms with Crippen LogP contribution in [0.2, 0.25) is 0 Å². The zero-order valence-electron chi connectivity index (χ0n) is 19.3. The van der Waals surface area contributed by atoms with Crippen LogP contribution in [0, 0.1) is 11.8 Å². The van der Waals surface area contributed by atoms with E-state index < -0.39 is 0 Å². The predicted octanol–water partition coefficient (Wildman–Crippen LogP) is 2.19. The zero-order valence-corrected chi connectivity index (χ0v) is 19.3. The lowest BCUT2D eigenvalue weighted by Crippen LogP contribution is -2.52. The lowest BCUT2D eigenvalue weighted by Gasteiger charge is -2.37. The normalized spacial score (nSPS) is 21.4. The lowest BCUT2D eigenvalue weighted by atomic mass is 9.81. The molecule has 1 aliphatic heterocycles. The van der Waals surface area contributed by atoms with E-state index in [9.17, 15) is 19.2 Å². The molecule has 2 amide bonds. The molecule has 1 saturated carbocycles. The van der Waals surface area contributed by atoms with Gasteiger partial charge in [0.2, 0.25) is 5.91 Å². The monoisotopic (exact) mass is 456 g/mol. The van der Waals surface area contributed by atoms with Gasteiger partial charge in [0, 0.05) is 38.6 Å². The van der Waals surface area contributed by atoms with Crippen molar-refractivity contribution >= 4 is 22.9 Å². The molecule has 4 rings (SSSR count). The molecule has 0 spiro atoms. The Morgan fingerprint density at radius 2 is 1.64 bits per heavy atom. The largest absolute Gasteiger partial charge is 0.447 e. The van der Waals surface area contributed by atoms with Gasteiger partial charge in [0.1, 0.15) is 0 Å². The number of hydrogen-bond donors (Lipinski definition) is 1. The molecule has 1 aromatic heterocycles. The van der Waals surface area contributed by atoms with Crippen molar-refractivity contribution in [3.8, 4) is 0 Å². The molecule has 2 fully saturated rings. The molecule has 178 valence electrons. The molecule has 2 aromatic rings. The van der Waals surface area contributed by atoms with Crippen LogP contribution in [0.4, 0.5) is 4.79 Å². The topological polar surface area (TPSA) is 105 Å². The number of fused-ring (bicyclic) bond motifs is 1. The summed E-state index contributed by atoms with van der Waals surface area (Å²) in [6.07, 6.45) is 2.62. The second-order valence-corrected chi connectivity index (χ2v) is 9.35. The number of carbonyl (C=O) groups excluding carboxylic acids is 2. The minimum atomic E-state index is -0.384. The molecule has 0 unspecified atom stereocenters. The highest BCUT2D eigenvalue weighted by atomic mass is 16.6. The molecule has 2 aliphatic rings. The van der Waals surface area contributed by atoms with Gasteiger partial charge in [0.25, 0.3) is 5.56 Å². The highest BCUT2D eigenvalue weighted by Gasteiger charge is 2.32. The molecule has 1 aliphatic carbocycles. The molecule has 1 N–H and O–H groups in total. The number of rotatable bonds is 4. The van der Waals surface area contributed by atoms with Crippen molar-refractivity contribution in [2.45, 2.75) is 52.2 Å². The number of ether oxygens (including phenoxy) is 1. The van der Waals surface area contributed by atoms with Crippen LogP contribution in [0.5, 0.6) is 0 Å². The number of aromatic amines is 1. The molecule has 0 bridgehead atoms. The van der Waals surface area contributed by atoms with E-state index in [1.807, 2.05) is 18.7 Å². The van der Waals surface area contributed by atoms with Crippen LogP contribution in [0.25, 0.3) is 10.9 Å². The maximum atomic E-state index is 13.0. The summed E-state index contributed by atoms with van der Waals surface area (Å²) in [7, 11) is 0. The Hall–Kier alpha value is -3.10. The van der Waals surface area contributed by atoms with Gasteiger partial charge in [-0.2, -0.15) is 0 Å². The van der Waals surface area contributed by atoms with E-state index in [1.54, 1.807) is 29.2 Å². The Bertz CT molecular complexity index is 1120. The van der Waals surface area contributed by atoms with E-state index in [2.05, 4.69) is 4.98 Å². The number of para-hydroxylation sites is 1.